The molecule has 0 fully saturated rings. The maximum Gasteiger partial charge on any atom is 0.161 e. The summed E-state index contributed by atoms with van der Waals surface area (Å²) in [6, 6.07) is 13.8. The van der Waals surface area contributed by atoms with Crippen molar-refractivity contribution in [1.29, 1.82) is 10.7 Å². The Kier molecular flexibility index (Phi) is 6.51. The average molecular weight is 460 g/mol. The molecule has 1 aromatic heterocycles. The molecule has 0 spiro atoms. The highest BCUT2D eigenvalue weighted by atomic mass is 16.5. The number of fused-ring (bicyclic) bond motifs is 3. The van der Waals surface area contributed by atoms with Crippen LogP contribution in [0, 0.1) is 22.7 Å². The molecule has 0 saturated carbocycles. The standard InChI is InChI=1S/C27H29N3O4/c1-16(2)15-34-23-7-6-17(10-24(23)31-3)19-12-22-20-13-26(33-5)25(32-4)11-18(20)8-9-30(22)27(29)21(19)14-28/h6-7,10-13,16,29H,8-9,15H2,1-5H3. The van der Waals surface area contributed by atoms with Gasteiger partial charge in [0.05, 0.1) is 33.6 Å². The van der Waals surface area contributed by atoms with Gasteiger partial charge in [0.15, 0.2) is 23.0 Å². The van der Waals surface area contributed by atoms with Gasteiger partial charge in [0.1, 0.15) is 17.1 Å². The van der Waals surface area contributed by atoms with Gasteiger partial charge in [-0.3, -0.25) is 5.41 Å². The van der Waals surface area contributed by atoms with E-state index in [4.69, 9.17) is 24.4 Å². The Morgan fingerprint density at radius 3 is 2.26 bits per heavy atom. The van der Waals surface area contributed by atoms with Crippen molar-refractivity contribution in [2.24, 2.45) is 5.92 Å². The molecule has 0 radical (unpaired) electrons. The second-order valence-corrected chi connectivity index (χ2v) is 8.62. The lowest BCUT2D eigenvalue weighted by molar-refractivity contribution is 0.257. The molecule has 7 nitrogen and oxygen atoms in total. The maximum absolute atomic E-state index is 9.96. The monoisotopic (exact) mass is 459 g/mol. The van der Waals surface area contributed by atoms with Crippen molar-refractivity contribution in [2.75, 3.05) is 27.9 Å². The van der Waals surface area contributed by atoms with Crippen LogP contribution in [0.3, 0.4) is 0 Å². The zero-order chi connectivity index (χ0) is 24.4. The second-order valence-electron chi connectivity index (χ2n) is 8.62. The molecule has 4 rings (SSSR count). The molecule has 176 valence electrons. The van der Waals surface area contributed by atoms with Crippen molar-refractivity contribution in [2.45, 2.75) is 26.8 Å². The molecule has 0 aliphatic carbocycles. The largest absolute Gasteiger partial charge is 0.493 e. The molecule has 0 unspecified atom stereocenters. The van der Waals surface area contributed by atoms with Crippen LogP contribution in [0.4, 0.5) is 0 Å². The summed E-state index contributed by atoms with van der Waals surface area (Å²) in [7, 11) is 4.83. The molecule has 34 heavy (non-hydrogen) atoms. The normalized spacial score (nSPS) is 11.9. The molecule has 1 N–H and O–H groups in total. The van der Waals surface area contributed by atoms with Crippen molar-refractivity contribution in [3.8, 4) is 51.5 Å². The molecule has 1 aliphatic rings. The summed E-state index contributed by atoms with van der Waals surface area (Å²) in [5.74, 6) is 2.93. The van der Waals surface area contributed by atoms with E-state index < -0.39 is 0 Å². The first kappa shape index (κ1) is 23.2. The number of hydrogen-bond acceptors (Lipinski definition) is 6. The minimum absolute atomic E-state index is 0.189. The molecule has 2 heterocycles. The summed E-state index contributed by atoms with van der Waals surface area (Å²) in [5.41, 5.74) is 4.92. The summed E-state index contributed by atoms with van der Waals surface area (Å²) in [5, 5.41) is 18.8. The number of aryl methyl sites for hydroxylation is 1. The number of nitrogens with zero attached hydrogens (tertiary/aromatic N) is 2. The second kappa shape index (κ2) is 9.52. The molecule has 0 amide bonds. The topological polar surface area (TPSA) is 89.5 Å². The van der Waals surface area contributed by atoms with Crippen LogP contribution in [-0.2, 0) is 13.0 Å². The number of benzene rings is 2. The number of rotatable bonds is 7. The first-order valence-electron chi connectivity index (χ1n) is 11.2. The van der Waals surface area contributed by atoms with E-state index in [1.165, 1.54) is 0 Å². The smallest absolute Gasteiger partial charge is 0.161 e. The van der Waals surface area contributed by atoms with E-state index in [1.54, 1.807) is 21.3 Å². The number of aromatic nitrogens is 1. The van der Waals surface area contributed by atoms with E-state index in [0.29, 0.717) is 53.2 Å². The van der Waals surface area contributed by atoms with E-state index in [2.05, 4.69) is 19.9 Å². The van der Waals surface area contributed by atoms with E-state index in [9.17, 15) is 5.26 Å². The van der Waals surface area contributed by atoms with Crippen LogP contribution >= 0.6 is 0 Å². The maximum atomic E-state index is 9.96. The molecule has 7 heteroatoms. The highest BCUT2D eigenvalue weighted by molar-refractivity contribution is 5.79. The molecule has 1 aliphatic heterocycles. The van der Waals surface area contributed by atoms with Gasteiger partial charge in [0, 0.05) is 17.7 Å². The fraction of sp³-hybridized carbons (Fsp3) is 0.333. The van der Waals surface area contributed by atoms with Gasteiger partial charge in [-0.1, -0.05) is 19.9 Å². The summed E-state index contributed by atoms with van der Waals surface area (Å²) in [6.45, 7) is 5.36. The fourth-order valence-corrected chi connectivity index (χ4v) is 4.28. The van der Waals surface area contributed by atoms with Gasteiger partial charge in [-0.15, -0.1) is 0 Å². The molecule has 3 aromatic rings. The van der Waals surface area contributed by atoms with Gasteiger partial charge >= 0.3 is 0 Å². The minimum atomic E-state index is 0.189. The van der Waals surface area contributed by atoms with Crippen LogP contribution in [0.1, 0.15) is 25.0 Å². The summed E-state index contributed by atoms with van der Waals surface area (Å²) < 4.78 is 24.4. The lowest BCUT2D eigenvalue weighted by Crippen LogP contribution is -2.28. The quantitative estimate of drug-likeness (QED) is 0.549. The summed E-state index contributed by atoms with van der Waals surface area (Å²) in [6.07, 6.45) is 0.735. The Bertz CT molecular complexity index is 1340. The van der Waals surface area contributed by atoms with Crippen LogP contribution in [0.5, 0.6) is 23.0 Å². The third kappa shape index (κ3) is 4.08. The zero-order valence-electron chi connectivity index (χ0n) is 20.2. The van der Waals surface area contributed by atoms with Crippen molar-refractivity contribution in [3.63, 3.8) is 0 Å². The zero-order valence-corrected chi connectivity index (χ0v) is 20.2. The van der Waals surface area contributed by atoms with Crippen molar-refractivity contribution in [1.82, 2.24) is 4.57 Å². The molecule has 2 aromatic carbocycles. The Hall–Kier alpha value is -3.92. The molecule has 0 saturated heterocycles. The third-order valence-electron chi connectivity index (χ3n) is 6.00. The Morgan fingerprint density at radius 2 is 1.62 bits per heavy atom. The van der Waals surface area contributed by atoms with Gasteiger partial charge in [-0.05, 0) is 53.8 Å². The first-order valence-corrected chi connectivity index (χ1v) is 11.2. The third-order valence-corrected chi connectivity index (χ3v) is 6.00. The van der Waals surface area contributed by atoms with Crippen molar-refractivity contribution < 1.29 is 18.9 Å². The first-order chi connectivity index (χ1) is 16.4. The predicted molar refractivity (Wildman–Crippen MR) is 130 cm³/mol. The lowest BCUT2D eigenvalue weighted by atomic mass is 9.92. The average Bonchev–Trinajstić information content (AvgIpc) is 2.86. The number of nitrogens with one attached hydrogen (secondary N) is 1. The van der Waals surface area contributed by atoms with Crippen LogP contribution in [0.25, 0.3) is 22.4 Å². The number of ether oxygens (including phenoxy) is 4. The van der Waals surface area contributed by atoms with E-state index in [0.717, 1.165) is 28.8 Å². The predicted octanol–water partition coefficient (Wildman–Crippen LogP) is 4.79. The number of pyridine rings is 1. The van der Waals surface area contributed by atoms with Gasteiger partial charge in [-0.25, -0.2) is 0 Å². The van der Waals surface area contributed by atoms with Crippen LogP contribution in [0.2, 0.25) is 0 Å². The number of methoxy groups -OCH3 is 3. The SMILES string of the molecule is COc1cc2c(cc1OC)-c1cc(-c3ccc(OCC(C)C)c(OC)c3)c(C#N)c(=N)n1CC2. The lowest BCUT2D eigenvalue weighted by Gasteiger charge is -2.25. The Labute approximate surface area is 199 Å². The van der Waals surface area contributed by atoms with E-state index in [1.807, 2.05) is 41.0 Å². The Morgan fingerprint density at radius 1 is 0.941 bits per heavy atom. The highest BCUT2D eigenvalue weighted by Gasteiger charge is 2.23. The van der Waals surface area contributed by atoms with Gasteiger partial charge in [0.2, 0.25) is 0 Å². The van der Waals surface area contributed by atoms with E-state index >= 15 is 0 Å². The molecule has 0 bridgehead atoms. The molecule has 0 atom stereocenters. The van der Waals surface area contributed by atoms with Crippen molar-refractivity contribution >= 4 is 0 Å². The van der Waals surface area contributed by atoms with Crippen LogP contribution in [0.15, 0.2) is 36.4 Å². The van der Waals surface area contributed by atoms with Crippen LogP contribution in [-0.4, -0.2) is 32.5 Å². The number of hydrogen-bond donors (Lipinski definition) is 1. The molecular formula is C27H29N3O4. The Balaban J connectivity index is 1.89. The van der Waals surface area contributed by atoms with Gasteiger partial charge < -0.3 is 23.5 Å². The number of nitriles is 1. The minimum Gasteiger partial charge on any atom is -0.493 e. The summed E-state index contributed by atoms with van der Waals surface area (Å²) >= 11 is 0. The highest BCUT2D eigenvalue weighted by Crippen LogP contribution is 2.40. The summed E-state index contributed by atoms with van der Waals surface area (Å²) in [4.78, 5) is 0. The van der Waals surface area contributed by atoms with Crippen LogP contribution < -0.4 is 24.4 Å². The van der Waals surface area contributed by atoms with Crippen molar-refractivity contribution in [3.05, 3.63) is 53.0 Å². The van der Waals surface area contributed by atoms with E-state index in [-0.39, 0.29) is 5.49 Å². The molecular weight excluding hydrogens is 430 g/mol. The van der Waals surface area contributed by atoms with Gasteiger partial charge in [0.25, 0.3) is 0 Å². The fourth-order valence-electron chi connectivity index (χ4n) is 4.28. The van der Waals surface area contributed by atoms with Gasteiger partial charge in [-0.2, -0.15) is 5.26 Å².